The Labute approximate surface area is 117 Å². The number of rotatable bonds is 2. The number of hydrogen-bond acceptors (Lipinski definition) is 2. The molecule has 0 fully saturated rings. The quantitative estimate of drug-likeness (QED) is 0.829. The Kier molecular flexibility index (Phi) is 3.90. The van der Waals surface area contributed by atoms with Crippen LogP contribution < -0.4 is 4.90 Å². The van der Waals surface area contributed by atoms with Gasteiger partial charge >= 0.3 is 0 Å². The Balaban J connectivity index is 2.39. The van der Waals surface area contributed by atoms with E-state index in [2.05, 4.69) is 12.6 Å². The molecule has 1 amide bonds. The van der Waals surface area contributed by atoms with E-state index in [4.69, 9.17) is 0 Å². The fraction of sp³-hybridized carbons (Fsp3) is 0.133. The highest BCUT2D eigenvalue weighted by Gasteiger charge is 2.18. The highest BCUT2D eigenvalue weighted by Crippen LogP contribution is 2.22. The monoisotopic (exact) mass is 275 g/mol. The molecule has 2 aromatic rings. The van der Waals surface area contributed by atoms with Crippen LogP contribution in [0.3, 0.4) is 0 Å². The minimum atomic E-state index is -0.539. The van der Waals surface area contributed by atoms with Crippen molar-refractivity contribution in [2.45, 2.75) is 11.8 Å². The lowest BCUT2D eigenvalue weighted by Crippen LogP contribution is -2.27. The Morgan fingerprint density at radius 1 is 1.21 bits per heavy atom. The molecule has 2 aromatic carbocycles. The lowest BCUT2D eigenvalue weighted by molar-refractivity contribution is 0.0989. The first-order valence-corrected chi connectivity index (χ1v) is 6.27. The van der Waals surface area contributed by atoms with Gasteiger partial charge in [0.2, 0.25) is 0 Å². The fourth-order valence-electron chi connectivity index (χ4n) is 1.91. The van der Waals surface area contributed by atoms with Gasteiger partial charge in [0.15, 0.2) is 0 Å². The molecule has 4 heteroatoms. The molecule has 0 N–H and O–H groups in total. The number of aryl methyl sites for hydroxylation is 1. The molecule has 0 atom stereocenters. The molecule has 0 saturated carbocycles. The maximum atomic E-state index is 13.7. The first-order valence-electron chi connectivity index (χ1n) is 5.83. The molecule has 0 aliphatic rings. The molecule has 0 radical (unpaired) electrons. The Morgan fingerprint density at radius 3 is 2.58 bits per heavy atom. The minimum absolute atomic E-state index is 0.0262. The van der Waals surface area contributed by atoms with Crippen molar-refractivity contribution in [2.24, 2.45) is 0 Å². The van der Waals surface area contributed by atoms with Crippen LogP contribution in [0.25, 0.3) is 0 Å². The van der Waals surface area contributed by atoms with Gasteiger partial charge in [-0.1, -0.05) is 18.2 Å². The van der Waals surface area contributed by atoms with Crippen molar-refractivity contribution in [1.29, 1.82) is 0 Å². The number of nitrogens with zero attached hydrogens (tertiary/aromatic N) is 1. The number of hydrogen-bond donors (Lipinski definition) is 1. The van der Waals surface area contributed by atoms with Crippen molar-refractivity contribution in [3.05, 3.63) is 59.4 Å². The molecule has 0 spiro atoms. The van der Waals surface area contributed by atoms with Crippen LogP contribution >= 0.6 is 12.6 Å². The Morgan fingerprint density at radius 2 is 1.89 bits per heavy atom. The molecule has 98 valence electrons. The van der Waals surface area contributed by atoms with Gasteiger partial charge in [-0.2, -0.15) is 0 Å². The van der Waals surface area contributed by atoms with Crippen molar-refractivity contribution in [1.82, 2.24) is 0 Å². The maximum absolute atomic E-state index is 13.7. The third-order valence-corrected chi connectivity index (χ3v) is 3.24. The van der Waals surface area contributed by atoms with Gasteiger partial charge in [0.1, 0.15) is 5.82 Å². The average molecular weight is 275 g/mol. The van der Waals surface area contributed by atoms with Gasteiger partial charge in [0.05, 0.1) is 5.56 Å². The summed E-state index contributed by atoms with van der Waals surface area (Å²) in [6, 6.07) is 11.7. The molecule has 0 heterocycles. The van der Waals surface area contributed by atoms with E-state index < -0.39 is 5.82 Å². The molecular weight excluding hydrogens is 261 g/mol. The molecule has 0 aromatic heterocycles. The number of carbonyl (C=O) groups excluding carboxylic acids is 1. The van der Waals surface area contributed by atoms with Gasteiger partial charge in [-0.05, 0) is 36.8 Å². The van der Waals surface area contributed by atoms with Crippen LogP contribution in [0.5, 0.6) is 0 Å². The second kappa shape index (κ2) is 5.45. The predicted molar refractivity (Wildman–Crippen MR) is 77.6 cm³/mol. The molecule has 0 unspecified atom stereocenters. The van der Waals surface area contributed by atoms with Gasteiger partial charge in [-0.3, -0.25) is 4.79 Å². The fourth-order valence-corrected chi connectivity index (χ4v) is 2.11. The number of carbonyl (C=O) groups is 1. The molecular formula is C15H14FNOS. The number of benzene rings is 2. The summed E-state index contributed by atoms with van der Waals surface area (Å²) in [5.74, 6) is -0.925. The maximum Gasteiger partial charge on any atom is 0.261 e. The molecule has 0 aliphatic carbocycles. The second-order valence-electron chi connectivity index (χ2n) is 4.31. The topological polar surface area (TPSA) is 20.3 Å². The molecule has 0 bridgehead atoms. The van der Waals surface area contributed by atoms with Crippen LogP contribution in [0.15, 0.2) is 47.4 Å². The van der Waals surface area contributed by atoms with Crippen molar-refractivity contribution in [2.75, 3.05) is 11.9 Å². The summed E-state index contributed by atoms with van der Waals surface area (Å²) in [4.78, 5) is 14.3. The molecule has 19 heavy (non-hydrogen) atoms. The smallest absolute Gasteiger partial charge is 0.261 e. The predicted octanol–water partition coefficient (Wildman–Crippen LogP) is 3.70. The molecule has 0 aliphatic heterocycles. The first kappa shape index (κ1) is 13.6. The standard InChI is InChI=1S/C15H14FNOS/c1-10-5-3-4-6-14(10)17(2)15(18)12-9-11(19)7-8-13(12)16/h3-9,19H,1-2H3. The van der Waals surface area contributed by atoms with Gasteiger partial charge in [0, 0.05) is 17.6 Å². The SMILES string of the molecule is Cc1ccccc1N(C)C(=O)c1cc(S)ccc1F. The highest BCUT2D eigenvalue weighted by molar-refractivity contribution is 7.80. The highest BCUT2D eigenvalue weighted by atomic mass is 32.1. The zero-order chi connectivity index (χ0) is 14.0. The summed E-state index contributed by atoms with van der Waals surface area (Å²) in [6.45, 7) is 1.91. The number of thiol groups is 1. The van der Waals surface area contributed by atoms with Crippen molar-refractivity contribution < 1.29 is 9.18 Å². The van der Waals surface area contributed by atoms with Crippen molar-refractivity contribution >= 4 is 24.2 Å². The van der Waals surface area contributed by atoms with Crippen LogP contribution in [-0.2, 0) is 0 Å². The second-order valence-corrected chi connectivity index (χ2v) is 4.83. The lowest BCUT2D eigenvalue weighted by atomic mass is 10.1. The number of para-hydroxylation sites is 1. The summed E-state index contributed by atoms with van der Waals surface area (Å²) in [5.41, 5.74) is 1.75. The molecule has 0 saturated heterocycles. The lowest BCUT2D eigenvalue weighted by Gasteiger charge is -2.20. The van der Waals surface area contributed by atoms with E-state index in [1.165, 1.54) is 23.1 Å². The average Bonchev–Trinajstić information content (AvgIpc) is 2.40. The number of anilines is 1. The third kappa shape index (κ3) is 2.79. The van der Waals surface area contributed by atoms with Gasteiger partial charge in [-0.25, -0.2) is 4.39 Å². The summed E-state index contributed by atoms with van der Waals surface area (Å²) in [5, 5.41) is 0. The third-order valence-electron chi connectivity index (χ3n) is 2.96. The van der Waals surface area contributed by atoms with E-state index in [0.29, 0.717) is 4.90 Å². The van der Waals surface area contributed by atoms with Crippen LogP contribution in [0.1, 0.15) is 15.9 Å². The molecule has 2 rings (SSSR count). The zero-order valence-electron chi connectivity index (χ0n) is 10.7. The van der Waals surface area contributed by atoms with Crippen LogP contribution in [0.4, 0.5) is 10.1 Å². The van der Waals surface area contributed by atoms with Gasteiger partial charge in [0.25, 0.3) is 5.91 Å². The Bertz CT molecular complexity index is 627. The van der Waals surface area contributed by atoms with Gasteiger partial charge < -0.3 is 4.90 Å². The van der Waals surface area contributed by atoms with Crippen molar-refractivity contribution in [3.8, 4) is 0 Å². The van der Waals surface area contributed by atoms with Crippen LogP contribution in [0.2, 0.25) is 0 Å². The van der Waals surface area contributed by atoms with Crippen molar-refractivity contribution in [3.63, 3.8) is 0 Å². The first-order chi connectivity index (χ1) is 9.00. The zero-order valence-corrected chi connectivity index (χ0v) is 11.6. The Hall–Kier alpha value is -1.81. The van der Waals surface area contributed by atoms with E-state index in [0.717, 1.165) is 11.3 Å². The number of amides is 1. The van der Waals surface area contributed by atoms with Gasteiger partial charge in [-0.15, -0.1) is 12.6 Å². The summed E-state index contributed by atoms with van der Waals surface area (Å²) < 4.78 is 13.7. The largest absolute Gasteiger partial charge is 0.311 e. The normalized spacial score (nSPS) is 10.3. The summed E-state index contributed by atoms with van der Waals surface area (Å²) in [7, 11) is 1.63. The van der Waals surface area contributed by atoms with E-state index >= 15 is 0 Å². The van der Waals surface area contributed by atoms with Crippen LogP contribution in [0, 0.1) is 12.7 Å². The van der Waals surface area contributed by atoms with E-state index in [1.54, 1.807) is 7.05 Å². The van der Waals surface area contributed by atoms with Crippen LogP contribution in [-0.4, -0.2) is 13.0 Å². The van der Waals surface area contributed by atoms with E-state index in [1.807, 2.05) is 31.2 Å². The molecule has 2 nitrogen and oxygen atoms in total. The number of halogens is 1. The summed E-state index contributed by atoms with van der Waals surface area (Å²) >= 11 is 4.13. The summed E-state index contributed by atoms with van der Waals surface area (Å²) in [6.07, 6.45) is 0. The van der Waals surface area contributed by atoms with E-state index in [9.17, 15) is 9.18 Å². The minimum Gasteiger partial charge on any atom is -0.311 e. The van der Waals surface area contributed by atoms with E-state index in [-0.39, 0.29) is 11.5 Å².